The Hall–Kier alpha value is -2.89. The third-order valence-electron chi connectivity index (χ3n) is 6.54. The minimum atomic E-state index is -3.06. The number of aliphatic hydroxyl groups is 2. The molecule has 1 aliphatic carbocycles. The summed E-state index contributed by atoms with van der Waals surface area (Å²) < 4.78 is 63.6. The maximum absolute atomic E-state index is 14.8. The highest BCUT2D eigenvalue weighted by Gasteiger charge is 2.45. The summed E-state index contributed by atoms with van der Waals surface area (Å²) in [5, 5.41) is 24.5. The first-order chi connectivity index (χ1) is 16.1. The molecule has 0 spiro atoms. The molecule has 2 aromatic rings. The van der Waals surface area contributed by atoms with E-state index in [0.717, 1.165) is 12.3 Å². The summed E-state index contributed by atoms with van der Waals surface area (Å²) in [7, 11) is 0. The fraction of sp³-hybridized carbons (Fsp3) is 0.435. The standard InChI is InChI=1S/C23H26F4N4O3/c1-9-6-30-7-12-15(4-11(22(26)27)19(25)17(9)12)34-16-5-14(20(32)21(16)33)31-8-13(24)18(10(2)28)23(31)29-3/h4,8-9,14,16,20-22,30,32-33H,2-3,5-7,28H2,1H3/t9-,14+,16-,20-,21+/m0/s1. The van der Waals surface area contributed by atoms with E-state index in [0.29, 0.717) is 12.1 Å². The molecule has 1 aliphatic heterocycles. The number of nitrogens with one attached hydrogen (secondary N) is 1. The average molecular weight is 482 g/mol. The number of hydrogen-bond donors (Lipinski definition) is 4. The van der Waals surface area contributed by atoms with Crippen molar-refractivity contribution in [2.45, 2.75) is 56.6 Å². The fourth-order valence-corrected chi connectivity index (χ4v) is 4.91. The Kier molecular flexibility index (Phi) is 6.45. The molecule has 1 fully saturated rings. The molecule has 34 heavy (non-hydrogen) atoms. The molecule has 0 bridgehead atoms. The van der Waals surface area contributed by atoms with E-state index >= 15 is 0 Å². The summed E-state index contributed by atoms with van der Waals surface area (Å²) in [5.74, 6) is -2.03. The smallest absolute Gasteiger partial charge is 0.266 e. The number of aliphatic hydroxyl groups excluding tert-OH is 2. The van der Waals surface area contributed by atoms with Gasteiger partial charge in [0.15, 0.2) is 5.82 Å². The summed E-state index contributed by atoms with van der Waals surface area (Å²) in [5.41, 5.74) is 5.23. The predicted octanol–water partition coefficient (Wildman–Crippen LogP) is 3.29. The number of nitrogens with two attached hydrogens (primary N) is 1. The van der Waals surface area contributed by atoms with E-state index < -0.39 is 48.0 Å². The largest absolute Gasteiger partial charge is 0.487 e. The second-order valence-corrected chi connectivity index (χ2v) is 8.71. The molecule has 2 heterocycles. The minimum absolute atomic E-state index is 0.000527. The van der Waals surface area contributed by atoms with Gasteiger partial charge in [0.1, 0.15) is 35.7 Å². The van der Waals surface area contributed by atoms with Crippen LogP contribution in [-0.2, 0) is 6.54 Å². The fourth-order valence-electron chi connectivity index (χ4n) is 4.91. The third kappa shape index (κ3) is 3.87. The summed E-state index contributed by atoms with van der Waals surface area (Å²) in [6.45, 7) is 9.25. The van der Waals surface area contributed by atoms with Gasteiger partial charge >= 0.3 is 0 Å². The van der Waals surface area contributed by atoms with Crippen molar-refractivity contribution in [2.75, 3.05) is 6.54 Å². The molecule has 4 rings (SSSR count). The Morgan fingerprint density at radius 2 is 2.03 bits per heavy atom. The normalized spacial score (nSPS) is 26.5. The van der Waals surface area contributed by atoms with Gasteiger partial charge in [-0.15, -0.1) is 0 Å². The quantitative estimate of drug-likeness (QED) is 0.374. The van der Waals surface area contributed by atoms with Crippen LogP contribution in [0.4, 0.5) is 23.4 Å². The molecular formula is C23H26F4N4O3. The number of benzene rings is 1. The second-order valence-electron chi connectivity index (χ2n) is 8.71. The highest BCUT2D eigenvalue weighted by molar-refractivity contribution is 5.71. The molecule has 1 aromatic heterocycles. The zero-order valence-electron chi connectivity index (χ0n) is 18.4. The molecule has 5 N–H and O–H groups in total. The summed E-state index contributed by atoms with van der Waals surface area (Å²) in [4.78, 5) is 3.80. The predicted molar refractivity (Wildman–Crippen MR) is 118 cm³/mol. The lowest BCUT2D eigenvalue weighted by Crippen LogP contribution is -2.35. The van der Waals surface area contributed by atoms with E-state index in [1.54, 1.807) is 6.92 Å². The van der Waals surface area contributed by atoms with E-state index in [4.69, 9.17) is 10.5 Å². The number of rotatable bonds is 6. The van der Waals surface area contributed by atoms with Crippen LogP contribution in [0.1, 0.15) is 54.0 Å². The molecule has 5 atom stereocenters. The van der Waals surface area contributed by atoms with Gasteiger partial charge < -0.3 is 30.6 Å². The lowest BCUT2D eigenvalue weighted by atomic mass is 9.89. The monoisotopic (exact) mass is 482 g/mol. The van der Waals surface area contributed by atoms with Gasteiger partial charge in [-0.05, 0) is 18.7 Å². The maximum Gasteiger partial charge on any atom is 0.266 e. The molecule has 0 saturated heterocycles. The first kappa shape index (κ1) is 24.2. The minimum Gasteiger partial charge on any atom is -0.487 e. The third-order valence-corrected chi connectivity index (χ3v) is 6.54. The summed E-state index contributed by atoms with van der Waals surface area (Å²) in [6, 6.07) is 0.0547. The van der Waals surface area contributed by atoms with Crippen molar-refractivity contribution in [2.24, 2.45) is 10.7 Å². The average Bonchev–Trinajstić information content (AvgIpc) is 3.26. The van der Waals surface area contributed by atoms with Crippen molar-refractivity contribution >= 4 is 18.2 Å². The van der Waals surface area contributed by atoms with Gasteiger partial charge in [0.2, 0.25) is 0 Å². The molecule has 0 radical (unpaired) electrons. The topological polar surface area (TPSA) is 105 Å². The van der Waals surface area contributed by atoms with E-state index in [1.165, 1.54) is 4.57 Å². The lowest BCUT2D eigenvalue weighted by molar-refractivity contribution is -0.0169. The van der Waals surface area contributed by atoms with Crippen LogP contribution in [-0.4, -0.2) is 46.4 Å². The van der Waals surface area contributed by atoms with Crippen molar-refractivity contribution in [3.63, 3.8) is 0 Å². The number of fused-ring (bicyclic) bond motifs is 1. The molecule has 2 aliphatic rings. The Morgan fingerprint density at radius 1 is 1.32 bits per heavy atom. The Balaban J connectivity index is 1.70. The Morgan fingerprint density at radius 3 is 2.65 bits per heavy atom. The van der Waals surface area contributed by atoms with Crippen LogP contribution in [0.5, 0.6) is 5.75 Å². The zero-order chi connectivity index (χ0) is 24.9. The lowest BCUT2D eigenvalue weighted by Gasteiger charge is -2.29. The Labute approximate surface area is 193 Å². The number of hydrogen-bond acceptors (Lipinski definition) is 6. The van der Waals surface area contributed by atoms with Crippen LogP contribution in [0, 0.1) is 11.6 Å². The van der Waals surface area contributed by atoms with E-state index in [-0.39, 0.29) is 47.3 Å². The molecule has 11 heteroatoms. The SMILES string of the molecule is C=Nc1c(C(=C)N)c(F)cn1[C@@H]1C[C@H](Oc2cc(C(F)F)c(F)c3c2CNC[C@@H]3C)[C@@H](O)[C@H]1O. The molecule has 184 valence electrons. The van der Waals surface area contributed by atoms with Crippen molar-refractivity contribution in [3.05, 3.63) is 52.7 Å². The van der Waals surface area contributed by atoms with Gasteiger partial charge in [-0.25, -0.2) is 22.6 Å². The van der Waals surface area contributed by atoms with E-state index in [9.17, 15) is 27.8 Å². The van der Waals surface area contributed by atoms with E-state index in [1.807, 2.05) is 0 Å². The molecular weight excluding hydrogens is 456 g/mol. The molecule has 7 nitrogen and oxygen atoms in total. The van der Waals surface area contributed by atoms with Crippen LogP contribution in [0.15, 0.2) is 23.8 Å². The van der Waals surface area contributed by atoms with Gasteiger partial charge in [0, 0.05) is 42.5 Å². The molecule has 1 saturated carbocycles. The van der Waals surface area contributed by atoms with Gasteiger partial charge in [0.25, 0.3) is 6.43 Å². The first-order valence-corrected chi connectivity index (χ1v) is 10.7. The number of nitrogens with zero attached hydrogens (tertiary/aromatic N) is 2. The highest BCUT2D eigenvalue weighted by Crippen LogP contribution is 2.43. The van der Waals surface area contributed by atoms with Crippen molar-refractivity contribution in [1.29, 1.82) is 0 Å². The van der Waals surface area contributed by atoms with Crippen LogP contribution in [0.2, 0.25) is 0 Å². The summed E-state index contributed by atoms with van der Waals surface area (Å²) in [6.07, 6.45) is -5.91. The van der Waals surface area contributed by atoms with Crippen LogP contribution >= 0.6 is 0 Å². The first-order valence-electron chi connectivity index (χ1n) is 10.7. The summed E-state index contributed by atoms with van der Waals surface area (Å²) >= 11 is 0. The van der Waals surface area contributed by atoms with Gasteiger partial charge in [-0.2, -0.15) is 0 Å². The second kappa shape index (κ2) is 9.05. The van der Waals surface area contributed by atoms with Crippen LogP contribution < -0.4 is 15.8 Å². The van der Waals surface area contributed by atoms with Gasteiger partial charge in [0.05, 0.1) is 17.2 Å². The maximum atomic E-state index is 14.8. The molecule has 0 amide bonds. The van der Waals surface area contributed by atoms with E-state index in [2.05, 4.69) is 23.6 Å². The molecule has 1 aromatic carbocycles. The number of alkyl halides is 2. The van der Waals surface area contributed by atoms with Crippen molar-refractivity contribution < 1.29 is 32.5 Å². The highest BCUT2D eigenvalue weighted by atomic mass is 19.3. The zero-order valence-corrected chi connectivity index (χ0v) is 18.4. The van der Waals surface area contributed by atoms with Gasteiger partial charge in [-0.1, -0.05) is 13.5 Å². The van der Waals surface area contributed by atoms with Crippen LogP contribution in [0.25, 0.3) is 5.70 Å². The number of aromatic nitrogens is 1. The molecule has 0 unspecified atom stereocenters. The number of halogens is 4. The van der Waals surface area contributed by atoms with Gasteiger partial charge in [-0.3, -0.25) is 0 Å². The Bertz CT molecular complexity index is 1140. The van der Waals surface area contributed by atoms with Crippen molar-refractivity contribution in [3.8, 4) is 5.75 Å². The number of aliphatic imine (C=N–C) groups is 1. The van der Waals surface area contributed by atoms with Crippen molar-refractivity contribution in [1.82, 2.24) is 9.88 Å². The van der Waals surface area contributed by atoms with Crippen LogP contribution in [0.3, 0.4) is 0 Å². The number of ether oxygens (including phenoxy) is 1.